The van der Waals surface area contributed by atoms with Gasteiger partial charge in [-0.2, -0.15) is 0 Å². The van der Waals surface area contributed by atoms with Crippen molar-refractivity contribution < 1.29 is 8.83 Å². The van der Waals surface area contributed by atoms with Gasteiger partial charge >= 0.3 is 0 Å². The van der Waals surface area contributed by atoms with Gasteiger partial charge in [-0.1, -0.05) is 176 Å². The third kappa shape index (κ3) is 5.95. The Kier molecular flexibility index (Phi) is 8.40. The van der Waals surface area contributed by atoms with Crippen LogP contribution < -0.4 is 4.90 Å². The number of benzene rings is 10. The summed E-state index contributed by atoms with van der Waals surface area (Å²) in [4.78, 5) is 2.30. The average molecular weight is 836 g/mol. The fraction of sp³-hybridized carbons (Fsp3) is 0. The normalized spacial score (nSPS) is 11.8. The Morgan fingerprint density at radius 1 is 0.297 bits per heavy atom. The fourth-order valence-electron chi connectivity index (χ4n) is 9.57. The van der Waals surface area contributed by atoms with Crippen molar-refractivity contribution in [3.05, 3.63) is 224 Å². The molecule has 0 aliphatic heterocycles. The van der Waals surface area contributed by atoms with E-state index >= 15 is 0 Å². The molecule has 0 saturated carbocycles. The summed E-state index contributed by atoms with van der Waals surface area (Å²) in [6.45, 7) is 0. The molecule has 0 unspecified atom stereocenters. The number of hydrogen-bond acceptors (Lipinski definition) is 4. The van der Waals surface area contributed by atoms with E-state index in [4.69, 9.17) is 8.83 Å². The van der Waals surface area contributed by atoms with Gasteiger partial charge in [0, 0.05) is 58.7 Å². The van der Waals surface area contributed by atoms with Crippen LogP contribution in [-0.4, -0.2) is 0 Å². The lowest BCUT2D eigenvalue weighted by atomic mass is 9.97. The predicted octanol–water partition coefficient (Wildman–Crippen LogP) is 18.0. The Balaban J connectivity index is 0.829. The van der Waals surface area contributed by atoms with Gasteiger partial charge in [-0.05, 0) is 87.5 Å². The minimum atomic E-state index is 0.852. The molecule has 3 nitrogen and oxygen atoms in total. The van der Waals surface area contributed by atoms with Crippen molar-refractivity contribution in [1.82, 2.24) is 0 Å². The number of thiophene rings is 1. The van der Waals surface area contributed by atoms with Crippen LogP contribution in [0.1, 0.15) is 0 Å². The van der Waals surface area contributed by atoms with Gasteiger partial charge < -0.3 is 13.7 Å². The van der Waals surface area contributed by atoms with Crippen LogP contribution >= 0.6 is 11.3 Å². The Labute approximate surface area is 373 Å². The van der Waals surface area contributed by atoms with Gasteiger partial charge in [0.25, 0.3) is 0 Å². The summed E-state index contributed by atoms with van der Waals surface area (Å²) in [5.74, 6) is 0. The smallest absolute Gasteiger partial charge is 0.159 e. The van der Waals surface area contributed by atoms with Crippen LogP contribution in [0.3, 0.4) is 0 Å². The third-order valence-electron chi connectivity index (χ3n) is 12.7. The quantitative estimate of drug-likeness (QED) is 0.160. The van der Waals surface area contributed by atoms with Crippen molar-refractivity contribution in [2.24, 2.45) is 0 Å². The first kappa shape index (κ1) is 36.5. The summed E-state index contributed by atoms with van der Waals surface area (Å²) in [5, 5.41) is 7.09. The second kappa shape index (κ2) is 14.7. The van der Waals surface area contributed by atoms with Gasteiger partial charge in [-0.15, -0.1) is 11.3 Å². The second-order valence-corrected chi connectivity index (χ2v) is 17.4. The van der Waals surface area contributed by atoms with Crippen LogP contribution in [0.2, 0.25) is 0 Å². The Morgan fingerprint density at radius 3 is 1.34 bits per heavy atom. The topological polar surface area (TPSA) is 29.5 Å². The first-order chi connectivity index (χ1) is 31.7. The number of hydrogen-bond donors (Lipinski definition) is 0. The van der Waals surface area contributed by atoms with Crippen LogP contribution in [0.5, 0.6) is 0 Å². The first-order valence-corrected chi connectivity index (χ1v) is 22.5. The number of fused-ring (bicyclic) bond motifs is 9. The highest BCUT2D eigenvalue weighted by atomic mass is 32.1. The molecule has 0 atom stereocenters. The minimum Gasteiger partial charge on any atom is -0.455 e. The maximum absolute atomic E-state index is 6.62. The molecule has 0 amide bonds. The summed E-state index contributed by atoms with van der Waals surface area (Å²) in [7, 11) is 0. The van der Waals surface area contributed by atoms with E-state index in [1.807, 2.05) is 35.6 Å². The molecule has 10 aromatic carbocycles. The molecule has 0 N–H and O–H groups in total. The number of para-hydroxylation sites is 4. The minimum absolute atomic E-state index is 0.852. The standard InChI is InChI=1S/C60H37NO2S/c1-4-19-55-48(10-1)51-15-7-13-46(58(51)62-55)42-32-36-45(37-33-42)61(54-18-9-16-52-49-11-2-5-20-56(49)63-59(52)54)44-34-30-41(31-35-44)39-24-22-38(23-25-39)40-26-28-43(29-27-40)47-14-8-17-53-50-12-3-6-21-57(50)64-60(47)53/h1-37H. The lowest BCUT2D eigenvalue weighted by Crippen LogP contribution is -2.10. The SMILES string of the molecule is c1ccc2c(c1)oc1c(-c3ccc(N(c4ccc(-c5ccc(-c6ccc(-c7cccc8c7sc7ccccc78)cc6)cc5)cc4)c4cccc5c4oc4ccccc45)cc3)cccc12. The van der Waals surface area contributed by atoms with Crippen molar-refractivity contribution in [3.63, 3.8) is 0 Å². The van der Waals surface area contributed by atoms with Crippen LogP contribution in [0.25, 0.3) is 109 Å². The molecule has 13 rings (SSSR count). The molecule has 0 bridgehead atoms. The van der Waals surface area contributed by atoms with Crippen molar-refractivity contribution in [3.8, 4) is 44.5 Å². The highest BCUT2D eigenvalue weighted by Gasteiger charge is 2.20. The van der Waals surface area contributed by atoms with E-state index in [1.54, 1.807) is 0 Å². The molecule has 0 fully saturated rings. The third-order valence-corrected chi connectivity index (χ3v) is 14.0. The van der Waals surface area contributed by atoms with Crippen molar-refractivity contribution in [2.75, 3.05) is 4.90 Å². The van der Waals surface area contributed by atoms with E-state index in [2.05, 4.69) is 205 Å². The van der Waals surface area contributed by atoms with Crippen molar-refractivity contribution >= 4 is 92.4 Å². The summed E-state index contributed by atoms with van der Waals surface area (Å²) < 4.78 is 15.7. The highest BCUT2D eigenvalue weighted by Crippen LogP contribution is 2.44. The van der Waals surface area contributed by atoms with Crippen molar-refractivity contribution in [1.29, 1.82) is 0 Å². The summed E-state index contributed by atoms with van der Waals surface area (Å²) >= 11 is 1.87. The molecule has 13 aromatic rings. The molecule has 0 saturated heterocycles. The summed E-state index contributed by atoms with van der Waals surface area (Å²) in [5.41, 5.74) is 15.9. The highest BCUT2D eigenvalue weighted by molar-refractivity contribution is 7.26. The zero-order chi connectivity index (χ0) is 42.1. The lowest BCUT2D eigenvalue weighted by molar-refractivity contribution is 0.669. The molecule has 3 heterocycles. The number of rotatable bonds is 7. The Morgan fingerprint density at radius 2 is 0.719 bits per heavy atom. The van der Waals surface area contributed by atoms with E-state index in [1.165, 1.54) is 48.0 Å². The van der Waals surface area contributed by atoms with Crippen LogP contribution in [0, 0.1) is 0 Å². The van der Waals surface area contributed by atoms with Gasteiger partial charge in [0.1, 0.15) is 16.7 Å². The molecule has 0 aliphatic carbocycles. The Hall–Kier alpha value is -8.18. The molecule has 0 spiro atoms. The maximum atomic E-state index is 6.62. The monoisotopic (exact) mass is 835 g/mol. The second-order valence-electron chi connectivity index (χ2n) is 16.4. The fourth-order valence-corrected chi connectivity index (χ4v) is 10.8. The molecule has 0 radical (unpaired) electrons. The van der Waals surface area contributed by atoms with E-state index in [0.717, 1.165) is 77.6 Å². The van der Waals surface area contributed by atoms with Crippen molar-refractivity contribution in [2.45, 2.75) is 0 Å². The van der Waals surface area contributed by atoms with E-state index in [0.29, 0.717) is 0 Å². The Bertz CT molecular complexity index is 3870. The van der Waals surface area contributed by atoms with Crippen LogP contribution in [0.15, 0.2) is 233 Å². The van der Waals surface area contributed by atoms with Gasteiger partial charge in [0.05, 0.1) is 5.69 Å². The van der Waals surface area contributed by atoms with Crippen LogP contribution in [-0.2, 0) is 0 Å². The molecule has 0 aliphatic rings. The molecule has 4 heteroatoms. The van der Waals surface area contributed by atoms with Gasteiger partial charge in [0.2, 0.25) is 0 Å². The maximum Gasteiger partial charge on any atom is 0.159 e. The molecule has 64 heavy (non-hydrogen) atoms. The van der Waals surface area contributed by atoms with E-state index in [9.17, 15) is 0 Å². The first-order valence-electron chi connectivity index (χ1n) is 21.6. The predicted molar refractivity (Wildman–Crippen MR) is 270 cm³/mol. The number of nitrogens with zero attached hydrogens (tertiary/aromatic N) is 1. The molecule has 3 aromatic heterocycles. The van der Waals surface area contributed by atoms with Gasteiger partial charge in [-0.25, -0.2) is 0 Å². The zero-order valence-electron chi connectivity index (χ0n) is 34.5. The lowest BCUT2D eigenvalue weighted by Gasteiger charge is -2.26. The largest absolute Gasteiger partial charge is 0.455 e. The number of anilines is 3. The summed E-state index contributed by atoms with van der Waals surface area (Å²) in [6, 6.07) is 80.2. The van der Waals surface area contributed by atoms with Gasteiger partial charge in [0.15, 0.2) is 5.58 Å². The molecule has 300 valence electrons. The molecular weight excluding hydrogens is 799 g/mol. The molecular formula is C60H37NO2S. The average Bonchev–Trinajstić information content (AvgIpc) is 4.07. The van der Waals surface area contributed by atoms with E-state index in [-0.39, 0.29) is 0 Å². The number of furan rings is 2. The van der Waals surface area contributed by atoms with E-state index < -0.39 is 0 Å². The zero-order valence-corrected chi connectivity index (χ0v) is 35.4. The summed E-state index contributed by atoms with van der Waals surface area (Å²) in [6.07, 6.45) is 0. The van der Waals surface area contributed by atoms with Crippen LogP contribution in [0.4, 0.5) is 17.1 Å². The van der Waals surface area contributed by atoms with Gasteiger partial charge in [-0.3, -0.25) is 0 Å².